The van der Waals surface area contributed by atoms with Crippen LogP contribution in [0.4, 0.5) is 5.95 Å². The SMILES string of the molecule is CN(Cc1cccc(Cl)c1)c1nccc(C(N)=S)n1. The maximum atomic E-state index is 5.96. The van der Waals surface area contributed by atoms with Crippen LogP contribution in [0.5, 0.6) is 0 Å². The van der Waals surface area contributed by atoms with E-state index >= 15 is 0 Å². The smallest absolute Gasteiger partial charge is 0.225 e. The van der Waals surface area contributed by atoms with E-state index in [0.717, 1.165) is 5.56 Å². The van der Waals surface area contributed by atoms with Gasteiger partial charge in [-0.2, -0.15) is 0 Å². The van der Waals surface area contributed by atoms with Crippen LogP contribution in [0.2, 0.25) is 5.02 Å². The van der Waals surface area contributed by atoms with Crippen molar-refractivity contribution in [3.63, 3.8) is 0 Å². The Morgan fingerprint density at radius 2 is 2.21 bits per heavy atom. The third kappa shape index (κ3) is 3.62. The lowest BCUT2D eigenvalue weighted by molar-refractivity contribution is 0.865. The summed E-state index contributed by atoms with van der Waals surface area (Å²) in [4.78, 5) is 10.7. The van der Waals surface area contributed by atoms with Gasteiger partial charge < -0.3 is 10.6 Å². The van der Waals surface area contributed by atoms with Gasteiger partial charge in [-0.1, -0.05) is 36.0 Å². The minimum atomic E-state index is 0.264. The van der Waals surface area contributed by atoms with Crippen LogP contribution in [0.1, 0.15) is 11.3 Å². The molecule has 98 valence electrons. The second-order valence-electron chi connectivity index (χ2n) is 4.09. The lowest BCUT2D eigenvalue weighted by Crippen LogP contribution is -2.21. The Hall–Kier alpha value is -1.72. The van der Waals surface area contributed by atoms with E-state index in [9.17, 15) is 0 Å². The highest BCUT2D eigenvalue weighted by Gasteiger charge is 2.07. The molecule has 1 heterocycles. The molecule has 0 aliphatic carbocycles. The van der Waals surface area contributed by atoms with Crippen molar-refractivity contribution in [2.75, 3.05) is 11.9 Å². The summed E-state index contributed by atoms with van der Waals surface area (Å²) >= 11 is 10.9. The number of hydrogen-bond acceptors (Lipinski definition) is 4. The summed E-state index contributed by atoms with van der Waals surface area (Å²) in [5, 5.41) is 0.712. The van der Waals surface area contributed by atoms with E-state index in [1.165, 1.54) is 0 Å². The van der Waals surface area contributed by atoms with Gasteiger partial charge in [0.25, 0.3) is 0 Å². The number of benzene rings is 1. The van der Waals surface area contributed by atoms with Crippen molar-refractivity contribution < 1.29 is 0 Å². The van der Waals surface area contributed by atoms with Crippen LogP contribution in [0, 0.1) is 0 Å². The van der Waals surface area contributed by atoms with Crippen LogP contribution in [-0.2, 0) is 6.54 Å². The lowest BCUT2D eigenvalue weighted by Gasteiger charge is -2.17. The third-order valence-electron chi connectivity index (χ3n) is 2.55. The molecule has 6 heteroatoms. The van der Waals surface area contributed by atoms with Gasteiger partial charge in [0.05, 0.1) is 0 Å². The minimum absolute atomic E-state index is 0.264. The molecule has 0 saturated heterocycles. The van der Waals surface area contributed by atoms with Crippen molar-refractivity contribution >= 4 is 34.8 Å². The fourth-order valence-corrected chi connectivity index (χ4v) is 1.98. The zero-order valence-corrected chi connectivity index (χ0v) is 11.9. The van der Waals surface area contributed by atoms with Gasteiger partial charge in [-0.3, -0.25) is 0 Å². The normalized spacial score (nSPS) is 10.2. The van der Waals surface area contributed by atoms with Gasteiger partial charge in [-0.05, 0) is 23.8 Å². The van der Waals surface area contributed by atoms with E-state index in [1.54, 1.807) is 12.3 Å². The molecule has 1 aromatic heterocycles. The predicted molar refractivity (Wildman–Crippen MR) is 81.5 cm³/mol. The van der Waals surface area contributed by atoms with Crippen LogP contribution in [0.3, 0.4) is 0 Å². The number of anilines is 1. The van der Waals surface area contributed by atoms with E-state index in [2.05, 4.69) is 9.97 Å². The number of nitrogens with zero attached hydrogens (tertiary/aromatic N) is 3. The molecule has 0 bridgehead atoms. The zero-order valence-electron chi connectivity index (χ0n) is 10.4. The molecule has 2 rings (SSSR count). The number of rotatable bonds is 4. The first-order valence-electron chi connectivity index (χ1n) is 5.64. The average Bonchev–Trinajstić information content (AvgIpc) is 2.39. The summed E-state index contributed by atoms with van der Waals surface area (Å²) in [7, 11) is 1.90. The van der Waals surface area contributed by atoms with Crippen LogP contribution >= 0.6 is 23.8 Å². The number of aromatic nitrogens is 2. The van der Waals surface area contributed by atoms with Crippen LogP contribution in [0.15, 0.2) is 36.5 Å². The van der Waals surface area contributed by atoms with Crippen LogP contribution in [-0.4, -0.2) is 22.0 Å². The van der Waals surface area contributed by atoms with E-state index in [1.807, 2.05) is 36.2 Å². The summed E-state index contributed by atoms with van der Waals surface area (Å²) in [6.45, 7) is 0.654. The maximum Gasteiger partial charge on any atom is 0.225 e. The van der Waals surface area contributed by atoms with Crippen molar-refractivity contribution in [2.24, 2.45) is 5.73 Å². The first kappa shape index (κ1) is 13.7. The minimum Gasteiger partial charge on any atom is -0.388 e. The van der Waals surface area contributed by atoms with Gasteiger partial charge in [-0.15, -0.1) is 0 Å². The molecule has 19 heavy (non-hydrogen) atoms. The molecule has 2 N–H and O–H groups in total. The molecule has 0 aliphatic heterocycles. The molecule has 0 spiro atoms. The summed E-state index contributed by atoms with van der Waals surface area (Å²) in [5.41, 5.74) is 7.21. The van der Waals surface area contributed by atoms with Crippen LogP contribution in [0.25, 0.3) is 0 Å². The quantitative estimate of drug-likeness (QED) is 0.877. The Bertz CT molecular complexity index is 603. The molecule has 0 amide bonds. The standard InChI is InChI=1S/C13H13ClN4S/c1-18(8-9-3-2-4-10(14)7-9)13-16-6-5-11(17-13)12(15)19/h2-7H,8H2,1H3,(H2,15,19). The Labute approximate surface area is 122 Å². The highest BCUT2D eigenvalue weighted by molar-refractivity contribution is 7.80. The van der Waals surface area contributed by atoms with Gasteiger partial charge in [0.1, 0.15) is 10.7 Å². The lowest BCUT2D eigenvalue weighted by atomic mass is 10.2. The van der Waals surface area contributed by atoms with E-state index < -0.39 is 0 Å². The second-order valence-corrected chi connectivity index (χ2v) is 4.97. The third-order valence-corrected chi connectivity index (χ3v) is 2.99. The Morgan fingerprint density at radius 3 is 2.89 bits per heavy atom. The number of halogens is 1. The fraction of sp³-hybridized carbons (Fsp3) is 0.154. The number of nitrogens with two attached hydrogens (primary N) is 1. The number of hydrogen-bond donors (Lipinski definition) is 1. The molecular weight excluding hydrogens is 280 g/mol. The van der Waals surface area contributed by atoms with Crippen molar-refractivity contribution in [3.05, 3.63) is 52.8 Å². The molecule has 0 aliphatic rings. The average molecular weight is 293 g/mol. The predicted octanol–water partition coefficient (Wildman–Crippen LogP) is 2.40. The monoisotopic (exact) mass is 292 g/mol. The molecule has 0 saturated carbocycles. The van der Waals surface area contributed by atoms with Crippen molar-refractivity contribution in [2.45, 2.75) is 6.54 Å². The Balaban J connectivity index is 2.18. The van der Waals surface area contributed by atoms with Gasteiger partial charge in [0, 0.05) is 24.8 Å². The second kappa shape index (κ2) is 5.95. The highest BCUT2D eigenvalue weighted by atomic mass is 35.5. The van der Waals surface area contributed by atoms with Gasteiger partial charge >= 0.3 is 0 Å². The zero-order chi connectivity index (χ0) is 13.8. The van der Waals surface area contributed by atoms with Crippen LogP contribution < -0.4 is 10.6 Å². The molecule has 2 aromatic rings. The summed E-state index contributed by atoms with van der Waals surface area (Å²) in [5.74, 6) is 0.574. The molecule has 4 nitrogen and oxygen atoms in total. The highest BCUT2D eigenvalue weighted by Crippen LogP contribution is 2.14. The topological polar surface area (TPSA) is 55.0 Å². The molecule has 1 aromatic carbocycles. The first-order valence-corrected chi connectivity index (χ1v) is 6.43. The summed E-state index contributed by atoms with van der Waals surface area (Å²) in [6.07, 6.45) is 1.64. The van der Waals surface area contributed by atoms with E-state index in [0.29, 0.717) is 23.2 Å². The van der Waals surface area contributed by atoms with Crippen molar-refractivity contribution in [1.82, 2.24) is 9.97 Å². The van der Waals surface area contributed by atoms with Gasteiger partial charge in [0.15, 0.2) is 0 Å². The van der Waals surface area contributed by atoms with E-state index in [-0.39, 0.29) is 4.99 Å². The van der Waals surface area contributed by atoms with Crippen molar-refractivity contribution in [1.29, 1.82) is 0 Å². The largest absolute Gasteiger partial charge is 0.388 e. The van der Waals surface area contributed by atoms with Crippen molar-refractivity contribution in [3.8, 4) is 0 Å². The Morgan fingerprint density at radius 1 is 1.42 bits per heavy atom. The summed E-state index contributed by atoms with van der Waals surface area (Å²) < 4.78 is 0. The molecule has 0 fully saturated rings. The van der Waals surface area contributed by atoms with E-state index in [4.69, 9.17) is 29.6 Å². The molecule has 0 radical (unpaired) electrons. The van der Waals surface area contributed by atoms with Gasteiger partial charge in [-0.25, -0.2) is 9.97 Å². The van der Waals surface area contributed by atoms with Gasteiger partial charge in [0.2, 0.25) is 5.95 Å². The molecule has 0 unspecified atom stereocenters. The number of thiocarbonyl (C=S) groups is 1. The maximum absolute atomic E-state index is 5.96. The molecule has 0 atom stereocenters. The Kier molecular flexibility index (Phi) is 4.29. The first-order chi connectivity index (χ1) is 9.06. The fourth-order valence-electron chi connectivity index (χ4n) is 1.65. The summed E-state index contributed by atoms with van der Waals surface area (Å²) in [6, 6.07) is 9.36. The molecular formula is C13H13ClN4S.